The van der Waals surface area contributed by atoms with Crippen LogP contribution < -0.4 is 5.73 Å². The van der Waals surface area contributed by atoms with Crippen LogP contribution in [0.5, 0.6) is 0 Å². The van der Waals surface area contributed by atoms with Gasteiger partial charge in [0.1, 0.15) is 0 Å². The fourth-order valence-electron chi connectivity index (χ4n) is 1.67. The summed E-state index contributed by atoms with van der Waals surface area (Å²) in [4.78, 5) is 5.54. The molecule has 1 unspecified atom stereocenters. The van der Waals surface area contributed by atoms with Gasteiger partial charge in [0.25, 0.3) is 0 Å². The minimum Gasteiger partial charge on any atom is -0.380 e. The molecule has 0 radical (unpaired) electrons. The van der Waals surface area contributed by atoms with E-state index >= 15 is 0 Å². The summed E-state index contributed by atoms with van der Waals surface area (Å²) in [6, 6.07) is 8.37. The lowest BCUT2D eigenvalue weighted by atomic mass is 10.2. The zero-order valence-electron chi connectivity index (χ0n) is 11.7. The van der Waals surface area contributed by atoms with E-state index < -0.39 is 0 Å². The summed E-state index contributed by atoms with van der Waals surface area (Å²) in [6.07, 6.45) is 0.475. The summed E-state index contributed by atoms with van der Waals surface area (Å²) in [5.41, 5.74) is 6.82. The van der Waals surface area contributed by atoms with Crippen molar-refractivity contribution in [1.82, 2.24) is 10.1 Å². The van der Waals surface area contributed by atoms with E-state index in [0.29, 0.717) is 30.4 Å². The molecule has 108 valence electrons. The van der Waals surface area contributed by atoms with Crippen molar-refractivity contribution in [3.8, 4) is 0 Å². The maximum Gasteiger partial charge on any atom is 0.229 e. The zero-order chi connectivity index (χ0) is 14.4. The molecule has 1 atom stereocenters. The highest BCUT2D eigenvalue weighted by Gasteiger charge is 2.12. The highest BCUT2D eigenvalue weighted by molar-refractivity contribution is 7.98. The van der Waals surface area contributed by atoms with Gasteiger partial charge in [-0.15, -0.1) is 11.8 Å². The Morgan fingerprint density at radius 2 is 2.10 bits per heavy atom. The lowest BCUT2D eigenvalue weighted by molar-refractivity contribution is 0.102. The van der Waals surface area contributed by atoms with Crippen LogP contribution in [0.2, 0.25) is 0 Å². The van der Waals surface area contributed by atoms with E-state index in [9.17, 15) is 0 Å². The first-order chi connectivity index (χ1) is 9.71. The van der Waals surface area contributed by atoms with Gasteiger partial charge < -0.3 is 15.0 Å². The third-order valence-electron chi connectivity index (χ3n) is 2.90. The maximum absolute atomic E-state index is 5.57. The Labute approximate surface area is 122 Å². The number of rotatable bonds is 7. The lowest BCUT2D eigenvalue weighted by Gasteiger charge is -2.08. The van der Waals surface area contributed by atoms with Crippen molar-refractivity contribution < 1.29 is 9.26 Å². The molecule has 0 saturated heterocycles. The number of ether oxygens (including phenoxy) is 1. The van der Waals surface area contributed by atoms with Gasteiger partial charge in [-0.2, -0.15) is 4.98 Å². The van der Waals surface area contributed by atoms with Crippen molar-refractivity contribution in [1.29, 1.82) is 0 Å². The molecule has 0 saturated carbocycles. The van der Waals surface area contributed by atoms with Crippen molar-refractivity contribution in [3.05, 3.63) is 41.5 Å². The summed E-state index contributed by atoms with van der Waals surface area (Å²) in [5.74, 6) is 1.95. The Bertz CT molecular complexity index is 523. The predicted octanol–water partition coefficient (Wildman–Crippen LogP) is 2.19. The van der Waals surface area contributed by atoms with Gasteiger partial charge in [0.15, 0.2) is 5.82 Å². The second kappa shape index (κ2) is 7.42. The fraction of sp³-hybridized carbons (Fsp3) is 0.429. The molecule has 20 heavy (non-hydrogen) atoms. The summed E-state index contributed by atoms with van der Waals surface area (Å²) >= 11 is 1.69. The first-order valence-electron chi connectivity index (χ1n) is 6.45. The Morgan fingerprint density at radius 1 is 1.35 bits per heavy atom. The average molecular weight is 293 g/mol. The third-order valence-corrected chi connectivity index (χ3v) is 3.91. The molecule has 0 aliphatic rings. The van der Waals surface area contributed by atoms with Gasteiger partial charge >= 0.3 is 0 Å². The standard InChI is InChI=1S/C14H19N3O2S/c1-10-3-5-12(6-4-10)20-9-13-16-14(19-17-13)7-11(8-15)18-2/h3-6,11H,7-9,15H2,1-2H3. The molecule has 1 aromatic carbocycles. The van der Waals surface area contributed by atoms with Crippen molar-refractivity contribution in [2.45, 2.75) is 30.1 Å². The third kappa shape index (κ3) is 4.33. The van der Waals surface area contributed by atoms with Crippen LogP contribution >= 0.6 is 11.8 Å². The van der Waals surface area contributed by atoms with Crippen LogP contribution in [0.3, 0.4) is 0 Å². The normalized spacial score (nSPS) is 12.6. The van der Waals surface area contributed by atoms with Gasteiger partial charge in [-0.25, -0.2) is 0 Å². The van der Waals surface area contributed by atoms with Crippen LogP contribution in [0.15, 0.2) is 33.7 Å². The maximum atomic E-state index is 5.57. The Morgan fingerprint density at radius 3 is 2.75 bits per heavy atom. The molecule has 0 fully saturated rings. The van der Waals surface area contributed by atoms with Gasteiger partial charge in [0.05, 0.1) is 18.3 Å². The number of methoxy groups -OCH3 is 1. The van der Waals surface area contributed by atoms with Gasteiger partial charge in [-0.1, -0.05) is 22.9 Å². The number of benzene rings is 1. The number of nitrogens with two attached hydrogens (primary N) is 1. The highest BCUT2D eigenvalue weighted by Crippen LogP contribution is 2.21. The van der Waals surface area contributed by atoms with Crippen LogP contribution in [0.25, 0.3) is 0 Å². The SMILES string of the molecule is COC(CN)Cc1nc(CSc2ccc(C)cc2)no1. The number of thioether (sulfide) groups is 1. The van der Waals surface area contributed by atoms with Gasteiger partial charge in [-0.05, 0) is 19.1 Å². The van der Waals surface area contributed by atoms with Crippen LogP contribution in [-0.2, 0) is 16.9 Å². The topological polar surface area (TPSA) is 74.2 Å². The Hall–Kier alpha value is -1.37. The van der Waals surface area contributed by atoms with Crippen molar-refractivity contribution >= 4 is 11.8 Å². The Kier molecular flexibility index (Phi) is 5.58. The smallest absolute Gasteiger partial charge is 0.229 e. The lowest BCUT2D eigenvalue weighted by Crippen LogP contribution is -2.24. The van der Waals surface area contributed by atoms with E-state index in [1.165, 1.54) is 10.5 Å². The largest absolute Gasteiger partial charge is 0.380 e. The molecule has 0 spiro atoms. The van der Waals surface area contributed by atoms with E-state index in [2.05, 4.69) is 41.3 Å². The average Bonchev–Trinajstić information content (AvgIpc) is 2.92. The molecule has 0 bridgehead atoms. The molecule has 6 heteroatoms. The monoisotopic (exact) mass is 293 g/mol. The Balaban J connectivity index is 1.87. The molecular weight excluding hydrogens is 274 g/mol. The highest BCUT2D eigenvalue weighted by atomic mass is 32.2. The molecule has 2 rings (SSSR count). The van der Waals surface area contributed by atoms with Gasteiger partial charge in [0, 0.05) is 18.6 Å². The first kappa shape index (κ1) is 15.0. The summed E-state index contributed by atoms with van der Waals surface area (Å²) < 4.78 is 10.4. The van der Waals surface area contributed by atoms with Crippen molar-refractivity contribution in [3.63, 3.8) is 0 Å². The molecule has 0 aliphatic carbocycles. The van der Waals surface area contributed by atoms with E-state index in [1.54, 1.807) is 18.9 Å². The predicted molar refractivity (Wildman–Crippen MR) is 78.6 cm³/mol. The first-order valence-corrected chi connectivity index (χ1v) is 7.43. The number of hydrogen-bond acceptors (Lipinski definition) is 6. The number of aromatic nitrogens is 2. The van der Waals surface area contributed by atoms with E-state index in [1.807, 2.05) is 0 Å². The van der Waals surface area contributed by atoms with Crippen LogP contribution in [0.1, 0.15) is 17.3 Å². The van der Waals surface area contributed by atoms with Crippen molar-refractivity contribution in [2.24, 2.45) is 5.73 Å². The molecule has 2 N–H and O–H groups in total. The molecule has 5 nitrogen and oxygen atoms in total. The molecule has 2 aromatic rings. The number of hydrogen-bond donors (Lipinski definition) is 1. The van der Waals surface area contributed by atoms with Crippen LogP contribution in [0.4, 0.5) is 0 Å². The van der Waals surface area contributed by atoms with Gasteiger partial charge in [0.2, 0.25) is 5.89 Å². The molecule has 0 amide bonds. The number of aryl methyl sites for hydroxylation is 1. The summed E-state index contributed by atoms with van der Waals surface area (Å²) in [7, 11) is 1.63. The van der Waals surface area contributed by atoms with E-state index in [0.717, 1.165) is 0 Å². The second-order valence-corrected chi connectivity index (χ2v) is 5.55. The van der Waals surface area contributed by atoms with Gasteiger partial charge in [-0.3, -0.25) is 0 Å². The molecular formula is C14H19N3O2S. The van der Waals surface area contributed by atoms with E-state index in [4.69, 9.17) is 15.0 Å². The minimum atomic E-state index is -0.0759. The van der Waals surface area contributed by atoms with Crippen LogP contribution in [-0.4, -0.2) is 29.9 Å². The molecule has 1 aromatic heterocycles. The molecule has 0 aliphatic heterocycles. The van der Waals surface area contributed by atoms with E-state index in [-0.39, 0.29) is 6.10 Å². The fourth-order valence-corrected chi connectivity index (χ4v) is 2.41. The molecule has 1 heterocycles. The second-order valence-electron chi connectivity index (χ2n) is 4.50. The quantitative estimate of drug-likeness (QED) is 0.789. The minimum absolute atomic E-state index is 0.0759. The number of nitrogens with zero attached hydrogens (tertiary/aromatic N) is 2. The van der Waals surface area contributed by atoms with Crippen molar-refractivity contribution in [2.75, 3.05) is 13.7 Å². The summed E-state index contributed by atoms with van der Waals surface area (Å²) in [5, 5.41) is 3.97. The van der Waals surface area contributed by atoms with Crippen LogP contribution in [0, 0.1) is 6.92 Å². The summed E-state index contributed by atoms with van der Waals surface area (Å²) in [6.45, 7) is 2.51. The zero-order valence-corrected chi connectivity index (χ0v) is 12.5.